The van der Waals surface area contributed by atoms with Crippen LogP contribution in [-0.4, -0.2) is 4.21 Å². The Morgan fingerprint density at radius 2 is 1.38 bits per heavy atom. The van der Waals surface area contributed by atoms with E-state index in [1.807, 2.05) is 30.3 Å². The SMILES string of the molecule is Cc1ccccc1CS(=O)Cc1cccc2ccccc12. The molecule has 1 nitrogen and oxygen atoms in total. The largest absolute Gasteiger partial charge is 0.259 e. The van der Waals surface area contributed by atoms with Crippen molar-refractivity contribution in [3.63, 3.8) is 0 Å². The van der Waals surface area contributed by atoms with Crippen molar-refractivity contribution in [2.45, 2.75) is 18.4 Å². The maximum absolute atomic E-state index is 12.5. The van der Waals surface area contributed by atoms with Crippen LogP contribution in [0.5, 0.6) is 0 Å². The summed E-state index contributed by atoms with van der Waals surface area (Å²) in [6, 6.07) is 22.7. The molecule has 0 aliphatic carbocycles. The number of aryl methyl sites for hydroxylation is 1. The van der Waals surface area contributed by atoms with Crippen LogP contribution in [0.4, 0.5) is 0 Å². The summed E-state index contributed by atoms with van der Waals surface area (Å²) in [7, 11) is -0.888. The van der Waals surface area contributed by atoms with E-state index in [2.05, 4.69) is 43.3 Å². The molecule has 0 saturated carbocycles. The summed E-state index contributed by atoms with van der Waals surface area (Å²) in [5, 5.41) is 2.42. The standard InChI is InChI=1S/C19H18OS/c1-15-7-2-3-9-17(15)13-21(20)14-18-11-6-10-16-8-4-5-12-19(16)18/h2-12H,13-14H2,1H3. The number of benzene rings is 3. The van der Waals surface area contributed by atoms with Crippen molar-refractivity contribution in [1.82, 2.24) is 0 Å². The average Bonchev–Trinajstić information content (AvgIpc) is 2.50. The highest BCUT2D eigenvalue weighted by Gasteiger charge is 2.07. The first-order valence-corrected chi connectivity index (χ1v) is 8.59. The van der Waals surface area contributed by atoms with Crippen LogP contribution in [0.3, 0.4) is 0 Å². The van der Waals surface area contributed by atoms with E-state index in [1.54, 1.807) is 0 Å². The third-order valence-corrected chi connectivity index (χ3v) is 5.04. The van der Waals surface area contributed by atoms with Crippen molar-refractivity contribution in [1.29, 1.82) is 0 Å². The lowest BCUT2D eigenvalue weighted by molar-refractivity contribution is 0.682. The van der Waals surface area contributed by atoms with Crippen LogP contribution in [0.15, 0.2) is 66.7 Å². The molecule has 21 heavy (non-hydrogen) atoms. The Bertz CT molecular complexity index is 787. The van der Waals surface area contributed by atoms with Crippen molar-refractivity contribution in [3.05, 3.63) is 83.4 Å². The van der Waals surface area contributed by atoms with Crippen LogP contribution >= 0.6 is 0 Å². The van der Waals surface area contributed by atoms with Gasteiger partial charge in [0.25, 0.3) is 0 Å². The zero-order valence-electron chi connectivity index (χ0n) is 12.1. The van der Waals surface area contributed by atoms with Gasteiger partial charge in [-0.3, -0.25) is 4.21 Å². The minimum absolute atomic E-state index is 0.607. The van der Waals surface area contributed by atoms with Gasteiger partial charge in [-0.15, -0.1) is 0 Å². The molecular weight excluding hydrogens is 276 g/mol. The zero-order chi connectivity index (χ0) is 14.7. The first kappa shape index (κ1) is 14.0. The van der Waals surface area contributed by atoms with Gasteiger partial charge in [-0.2, -0.15) is 0 Å². The van der Waals surface area contributed by atoms with Crippen molar-refractivity contribution in [2.24, 2.45) is 0 Å². The van der Waals surface area contributed by atoms with Crippen LogP contribution in [0, 0.1) is 6.92 Å². The molecule has 3 aromatic rings. The van der Waals surface area contributed by atoms with Crippen molar-refractivity contribution in [3.8, 4) is 0 Å². The van der Waals surface area contributed by atoms with Gasteiger partial charge < -0.3 is 0 Å². The Hall–Kier alpha value is -1.93. The predicted molar refractivity (Wildman–Crippen MR) is 90.7 cm³/mol. The van der Waals surface area contributed by atoms with Gasteiger partial charge in [0.05, 0.1) is 0 Å². The highest BCUT2D eigenvalue weighted by atomic mass is 32.2. The van der Waals surface area contributed by atoms with E-state index in [-0.39, 0.29) is 0 Å². The Labute approximate surface area is 128 Å². The van der Waals surface area contributed by atoms with Crippen LogP contribution in [0.1, 0.15) is 16.7 Å². The first-order chi connectivity index (χ1) is 10.2. The van der Waals surface area contributed by atoms with Crippen molar-refractivity contribution in [2.75, 3.05) is 0 Å². The number of fused-ring (bicyclic) bond motifs is 1. The number of hydrogen-bond acceptors (Lipinski definition) is 1. The van der Waals surface area contributed by atoms with Gasteiger partial charge in [0, 0.05) is 22.3 Å². The van der Waals surface area contributed by atoms with E-state index in [4.69, 9.17) is 0 Å². The fourth-order valence-corrected chi connectivity index (χ4v) is 3.96. The van der Waals surface area contributed by atoms with E-state index >= 15 is 0 Å². The molecule has 0 fully saturated rings. The molecule has 3 aromatic carbocycles. The number of hydrogen-bond donors (Lipinski definition) is 0. The lowest BCUT2D eigenvalue weighted by Crippen LogP contribution is -2.01. The summed E-state index contributed by atoms with van der Waals surface area (Å²) in [5.41, 5.74) is 3.56. The summed E-state index contributed by atoms with van der Waals surface area (Å²) in [6.45, 7) is 2.07. The smallest absolute Gasteiger partial charge is 0.0495 e. The van der Waals surface area contributed by atoms with Gasteiger partial charge in [0.2, 0.25) is 0 Å². The Morgan fingerprint density at radius 1 is 0.762 bits per heavy atom. The van der Waals surface area contributed by atoms with Crippen LogP contribution in [0.25, 0.3) is 10.8 Å². The molecule has 0 spiro atoms. The second-order valence-corrected chi connectivity index (χ2v) is 6.75. The third kappa shape index (κ3) is 3.22. The van der Waals surface area contributed by atoms with Crippen LogP contribution < -0.4 is 0 Å². The molecule has 106 valence electrons. The van der Waals surface area contributed by atoms with Gasteiger partial charge in [-0.1, -0.05) is 66.7 Å². The van der Waals surface area contributed by atoms with Gasteiger partial charge in [0.15, 0.2) is 0 Å². The summed E-state index contributed by atoms with van der Waals surface area (Å²) in [6.07, 6.45) is 0. The summed E-state index contributed by atoms with van der Waals surface area (Å²) in [4.78, 5) is 0. The van der Waals surface area contributed by atoms with Crippen molar-refractivity contribution >= 4 is 21.6 Å². The topological polar surface area (TPSA) is 17.1 Å². The summed E-state index contributed by atoms with van der Waals surface area (Å²) < 4.78 is 12.5. The molecule has 2 heteroatoms. The Morgan fingerprint density at radius 3 is 2.24 bits per heavy atom. The second kappa shape index (κ2) is 6.23. The maximum Gasteiger partial charge on any atom is 0.0495 e. The normalized spacial score (nSPS) is 12.4. The third-order valence-electron chi connectivity index (χ3n) is 3.77. The highest BCUT2D eigenvalue weighted by Crippen LogP contribution is 2.21. The van der Waals surface area contributed by atoms with Crippen LogP contribution in [-0.2, 0) is 22.3 Å². The highest BCUT2D eigenvalue weighted by molar-refractivity contribution is 7.83. The quantitative estimate of drug-likeness (QED) is 0.687. The second-order valence-electron chi connectivity index (χ2n) is 5.29. The first-order valence-electron chi connectivity index (χ1n) is 7.10. The maximum atomic E-state index is 12.5. The molecule has 0 aliphatic heterocycles. The summed E-state index contributed by atoms with van der Waals surface area (Å²) >= 11 is 0. The minimum atomic E-state index is -0.888. The van der Waals surface area contributed by atoms with E-state index in [0.29, 0.717) is 11.5 Å². The molecule has 3 rings (SSSR count). The molecule has 0 amide bonds. The Kier molecular flexibility index (Phi) is 4.16. The lowest BCUT2D eigenvalue weighted by Gasteiger charge is -2.08. The monoisotopic (exact) mass is 294 g/mol. The molecule has 0 radical (unpaired) electrons. The van der Waals surface area contributed by atoms with Gasteiger partial charge in [-0.25, -0.2) is 0 Å². The molecule has 0 saturated heterocycles. The molecule has 0 aromatic heterocycles. The fourth-order valence-electron chi connectivity index (χ4n) is 2.59. The minimum Gasteiger partial charge on any atom is -0.259 e. The molecular formula is C19H18OS. The van der Waals surface area contributed by atoms with E-state index in [1.165, 1.54) is 27.5 Å². The lowest BCUT2D eigenvalue weighted by atomic mass is 10.1. The van der Waals surface area contributed by atoms with E-state index < -0.39 is 10.8 Å². The molecule has 0 N–H and O–H groups in total. The van der Waals surface area contributed by atoms with E-state index in [0.717, 1.165) is 0 Å². The molecule has 0 aliphatic rings. The predicted octanol–water partition coefficient (Wildman–Crippen LogP) is 4.60. The number of rotatable bonds is 4. The van der Waals surface area contributed by atoms with Gasteiger partial charge in [0.1, 0.15) is 0 Å². The molecule has 0 bridgehead atoms. The Balaban J connectivity index is 1.82. The van der Waals surface area contributed by atoms with Gasteiger partial charge >= 0.3 is 0 Å². The average molecular weight is 294 g/mol. The van der Waals surface area contributed by atoms with Gasteiger partial charge in [-0.05, 0) is 34.4 Å². The fraction of sp³-hybridized carbons (Fsp3) is 0.158. The zero-order valence-corrected chi connectivity index (χ0v) is 12.9. The summed E-state index contributed by atoms with van der Waals surface area (Å²) in [5.74, 6) is 1.23. The van der Waals surface area contributed by atoms with E-state index in [9.17, 15) is 4.21 Å². The molecule has 1 atom stereocenters. The van der Waals surface area contributed by atoms with Crippen molar-refractivity contribution < 1.29 is 4.21 Å². The van der Waals surface area contributed by atoms with Crippen LogP contribution in [0.2, 0.25) is 0 Å². The molecule has 1 unspecified atom stereocenters. The molecule has 0 heterocycles.